The third kappa shape index (κ3) is 4.84. The predicted molar refractivity (Wildman–Crippen MR) is 53.9 cm³/mol. The van der Waals surface area contributed by atoms with E-state index < -0.39 is 12.1 Å². The smallest absolute Gasteiger partial charge is 0.376 e. The fraction of sp³-hybridized carbons (Fsp3) is 0.800. The van der Waals surface area contributed by atoms with E-state index in [1.807, 2.05) is 13.8 Å². The van der Waals surface area contributed by atoms with Crippen LogP contribution in [-0.2, 0) is 9.53 Å². The summed E-state index contributed by atoms with van der Waals surface area (Å²) in [5.41, 5.74) is 0. The highest BCUT2D eigenvalue weighted by Gasteiger charge is 2.15. The Labute approximate surface area is 85.2 Å². The van der Waals surface area contributed by atoms with E-state index in [0.29, 0.717) is 13.1 Å². The van der Waals surface area contributed by atoms with Crippen LogP contribution in [0.25, 0.3) is 0 Å². The van der Waals surface area contributed by atoms with Gasteiger partial charge in [-0.25, -0.2) is 4.79 Å². The summed E-state index contributed by atoms with van der Waals surface area (Å²) in [4.78, 5) is 23.8. The molecule has 0 saturated carbocycles. The number of carbonyl (C=O) groups excluding carboxylic acids is 2. The SMILES string of the molecule is CCCN(CCC)C(=O)OC(=O)CC. The zero-order chi connectivity index (χ0) is 11.0. The molecule has 0 aliphatic carbocycles. The second-order valence-corrected chi connectivity index (χ2v) is 3.08. The van der Waals surface area contributed by atoms with E-state index in [2.05, 4.69) is 4.74 Å². The largest absolute Gasteiger partial charge is 0.417 e. The Hall–Kier alpha value is -1.06. The van der Waals surface area contributed by atoms with E-state index in [1.54, 1.807) is 11.8 Å². The average molecular weight is 201 g/mol. The molecule has 0 aromatic heterocycles. The molecule has 0 N–H and O–H groups in total. The summed E-state index contributed by atoms with van der Waals surface area (Å²) in [7, 11) is 0. The number of ether oxygens (including phenoxy) is 1. The Morgan fingerprint density at radius 3 is 1.93 bits per heavy atom. The molecule has 0 spiro atoms. The lowest BCUT2D eigenvalue weighted by molar-refractivity contribution is -0.137. The minimum atomic E-state index is -0.513. The molecule has 4 nitrogen and oxygen atoms in total. The molecular weight excluding hydrogens is 182 g/mol. The normalized spacial score (nSPS) is 9.64. The first-order chi connectivity index (χ1) is 6.65. The van der Waals surface area contributed by atoms with Gasteiger partial charge in [-0.3, -0.25) is 4.79 Å². The predicted octanol–water partition coefficient (Wildman–Crippen LogP) is 2.18. The summed E-state index contributed by atoms with van der Waals surface area (Å²) in [5.74, 6) is -0.466. The number of rotatable bonds is 5. The maximum atomic E-state index is 11.4. The minimum Gasteiger partial charge on any atom is -0.376 e. The monoisotopic (exact) mass is 201 g/mol. The van der Waals surface area contributed by atoms with Crippen molar-refractivity contribution in [2.45, 2.75) is 40.0 Å². The Morgan fingerprint density at radius 2 is 1.57 bits per heavy atom. The van der Waals surface area contributed by atoms with Crippen LogP contribution in [0.3, 0.4) is 0 Å². The van der Waals surface area contributed by atoms with Crippen molar-refractivity contribution in [2.24, 2.45) is 0 Å². The zero-order valence-corrected chi connectivity index (χ0v) is 9.21. The summed E-state index contributed by atoms with van der Waals surface area (Å²) in [5, 5.41) is 0. The van der Waals surface area contributed by atoms with Crippen LogP contribution in [0.15, 0.2) is 0 Å². The molecule has 0 fully saturated rings. The van der Waals surface area contributed by atoms with Crippen molar-refractivity contribution in [3.63, 3.8) is 0 Å². The standard InChI is InChI=1S/C10H19NO3/c1-4-7-11(8-5-2)10(13)14-9(12)6-3/h4-8H2,1-3H3. The van der Waals surface area contributed by atoms with Crippen LogP contribution in [0.5, 0.6) is 0 Å². The molecule has 0 aromatic carbocycles. The van der Waals surface area contributed by atoms with Crippen molar-refractivity contribution < 1.29 is 14.3 Å². The topological polar surface area (TPSA) is 46.6 Å². The van der Waals surface area contributed by atoms with Gasteiger partial charge in [0, 0.05) is 19.5 Å². The molecule has 0 aliphatic heterocycles. The fourth-order valence-corrected chi connectivity index (χ4v) is 1.07. The maximum absolute atomic E-state index is 11.4. The van der Waals surface area contributed by atoms with Crippen LogP contribution in [-0.4, -0.2) is 30.1 Å². The lowest BCUT2D eigenvalue weighted by atomic mass is 10.4. The fourth-order valence-electron chi connectivity index (χ4n) is 1.07. The van der Waals surface area contributed by atoms with Crippen molar-refractivity contribution in [1.29, 1.82) is 0 Å². The van der Waals surface area contributed by atoms with Crippen LogP contribution in [0.1, 0.15) is 40.0 Å². The first-order valence-electron chi connectivity index (χ1n) is 5.15. The lowest BCUT2D eigenvalue weighted by Crippen LogP contribution is -2.34. The molecule has 0 saturated heterocycles. The number of hydrogen-bond donors (Lipinski definition) is 0. The van der Waals surface area contributed by atoms with Crippen LogP contribution in [0, 0.1) is 0 Å². The van der Waals surface area contributed by atoms with Crippen molar-refractivity contribution in [2.75, 3.05) is 13.1 Å². The van der Waals surface area contributed by atoms with Crippen molar-refractivity contribution in [3.05, 3.63) is 0 Å². The highest BCUT2D eigenvalue weighted by molar-refractivity contribution is 5.84. The molecule has 0 rings (SSSR count). The highest BCUT2D eigenvalue weighted by Crippen LogP contribution is 1.99. The van der Waals surface area contributed by atoms with Gasteiger partial charge in [-0.2, -0.15) is 0 Å². The third-order valence-electron chi connectivity index (χ3n) is 1.74. The number of amides is 1. The molecule has 0 unspecified atom stereocenters. The summed E-state index contributed by atoms with van der Waals surface area (Å²) in [6.45, 7) is 6.92. The van der Waals surface area contributed by atoms with Gasteiger partial charge in [0.2, 0.25) is 0 Å². The van der Waals surface area contributed by atoms with Gasteiger partial charge in [-0.1, -0.05) is 20.8 Å². The number of esters is 1. The van der Waals surface area contributed by atoms with Gasteiger partial charge in [0.25, 0.3) is 0 Å². The Bertz CT molecular complexity index is 186. The van der Waals surface area contributed by atoms with E-state index in [4.69, 9.17) is 0 Å². The quantitative estimate of drug-likeness (QED) is 0.506. The van der Waals surface area contributed by atoms with E-state index in [-0.39, 0.29) is 6.42 Å². The van der Waals surface area contributed by atoms with Gasteiger partial charge >= 0.3 is 12.1 Å². The molecule has 14 heavy (non-hydrogen) atoms. The number of hydrogen-bond acceptors (Lipinski definition) is 3. The molecule has 0 radical (unpaired) electrons. The first kappa shape index (κ1) is 12.9. The molecule has 1 amide bonds. The van der Waals surface area contributed by atoms with Gasteiger partial charge in [-0.05, 0) is 12.8 Å². The van der Waals surface area contributed by atoms with E-state index in [1.165, 1.54) is 0 Å². The van der Waals surface area contributed by atoms with Gasteiger partial charge in [-0.15, -0.1) is 0 Å². The summed E-state index contributed by atoms with van der Waals surface area (Å²) in [6.07, 6.45) is 1.46. The molecule has 0 aromatic rings. The first-order valence-corrected chi connectivity index (χ1v) is 5.15. The van der Waals surface area contributed by atoms with Crippen molar-refractivity contribution in [1.82, 2.24) is 4.90 Å². The molecule has 0 aliphatic rings. The van der Waals surface area contributed by atoms with Crippen LogP contribution in [0.4, 0.5) is 4.79 Å². The molecule has 0 atom stereocenters. The minimum absolute atomic E-state index is 0.234. The van der Waals surface area contributed by atoms with Crippen molar-refractivity contribution >= 4 is 12.1 Å². The Morgan fingerprint density at radius 1 is 1.07 bits per heavy atom. The molecule has 82 valence electrons. The third-order valence-corrected chi connectivity index (χ3v) is 1.74. The van der Waals surface area contributed by atoms with E-state index >= 15 is 0 Å². The van der Waals surface area contributed by atoms with Crippen LogP contribution < -0.4 is 0 Å². The number of nitrogens with zero attached hydrogens (tertiary/aromatic N) is 1. The highest BCUT2D eigenvalue weighted by atomic mass is 16.6. The second kappa shape index (κ2) is 7.35. The van der Waals surface area contributed by atoms with Gasteiger partial charge in [0.05, 0.1) is 0 Å². The van der Waals surface area contributed by atoms with Crippen LogP contribution >= 0.6 is 0 Å². The molecule has 0 bridgehead atoms. The van der Waals surface area contributed by atoms with Crippen molar-refractivity contribution in [3.8, 4) is 0 Å². The summed E-state index contributed by atoms with van der Waals surface area (Å²) in [6, 6.07) is 0. The maximum Gasteiger partial charge on any atom is 0.417 e. The Balaban J connectivity index is 4.06. The summed E-state index contributed by atoms with van der Waals surface area (Å²) >= 11 is 0. The Kier molecular flexibility index (Phi) is 6.80. The lowest BCUT2D eigenvalue weighted by Gasteiger charge is -2.19. The van der Waals surface area contributed by atoms with Gasteiger partial charge in [0.1, 0.15) is 0 Å². The average Bonchev–Trinajstić information content (AvgIpc) is 2.17. The van der Waals surface area contributed by atoms with Crippen LogP contribution in [0.2, 0.25) is 0 Å². The van der Waals surface area contributed by atoms with Gasteiger partial charge in [0.15, 0.2) is 0 Å². The molecule has 0 heterocycles. The molecular formula is C10H19NO3. The second-order valence-electron chi connectivity index (χ2n) is 3.08. The summed E-state index contributed by atoms with van der Waals surface area (Å²) < 4.78 is 4.61. The number of carbonyl (C=O) groups is 2. The molecule has 4 heteroatoms. The van der Waals surface area contributed by atoms with Gasteiger partial charge < -0.3 is 9.64 Å². The zero-order valence-electron chi connectivity index (χ0n) is 9.21. The van der Waals surface area contributed by atoms with E-state index in [9.17, 15) is 9.59 Å². The van der Waals surface area contributed by atoms with E-state index in [0.717, 1.165) is 12.8 Å².